The molecule has 1 aliphatic rings. The lowest BCUT2D eigenvalue weighted by Gasteiger charge is -2.23. The highest BCUT2D eigenvalue weighted by atomic mass is 32.2. The number of aryl methyl sites for hydroxylation is 2. The Morgan fingerprint density at radius 2 is 2.05 bits per heavy atom. The van der Waals surface area contributed by atoms with E-state index in [9.17, 15) is 8.42 Å². The van der Waals surface area contributed by atoms with Crippen molar-refractivity contribution in [2.45, 2.75) is 13.3 Å². The zero-order valence-corrected chi connectivity index (χ0v) is 12.7. The van der Waals surface area contributed by atoms with Crippen LogP contribution in [0.25, 0.3) is 0 Å². The van der Waals surface area contributed by atoms with Gasteiger partial charge in [0, 0.05) is 20.1 Å². The summed E-state index contributed by atoms with van der Waals surface area (Å²) in [6, 6.07) is 0. The third-order valence-corrected chi connectivity index (χ3v) is 5.21. The molecular weight excluding hydrogens is 284 g/mol. The Kier molecular flexibility index (Phi) is 3.82. The number of aromatic nitrogens is 2. The van der Waals surface area contributed by atoms with Crippen LogP contribution in [0.1, 0.15) is 17.7 Å². The van der Waals surface area contributed by atoms with E-state index in [-0.39, 0.29) is 11.5 Å². The third kappa shape index (κ3) is 2.89. The van der Waals surface area contributed by atoms with Gasteiger partial charge in [-0.3, -0.25) is 4.68 Å². The van der Waals surface area contributed by atoms with Crippen LogP contribution >= 0.6 is 12.2 Å². The molecule has 0 aliphatic carbocycles. The number of sulfone groups is 1. The molecular formula is C11H18N4O2S2. The fourth-order valence-electron chi connectivity index (χ4n) is 2.45. The summed E-state index contributed by atoms with van der Waals surface area (Å²) >= 11 is 5.08. The van der Waals surface area contributed by atoms with Crippen LogP contribution in [0.3, 0.4) is 0 Å². The van der Waals surface area contributed by atoms with Gasteiger partial charge in [0.15, 0.2) is 9.84 Å². The Labute approximate surface area is 118 Å². The van der Waals surface area contributed by atoms with E-state index in [1.165, 1.54) is 0 Å². The summed E-state index contributed by atoms with van der Waals surface area (Å²) in [5, 5.41) is 4.33. The predicted octanol–water partition coefficient (Wildman–Crippen LogP) is -0.0124. The third-order valence-electron chi connectivity index (χ3n) is 3.29. The van der Waals surface area contributed by atoms with Crippen molar-refractivity contribution >= 4 is 32.9 Å². The summed E-state index contributed by atoms with van der Waals surface area (Å²) in [7, 11) is -1.11. The minimum Gasteiger partial charge on any atom is -0.389 e. The Bertz CT molecular complexity index is 606. The largest absolute Gasteiger partial charge is 0.389 e. The second-order valence-corrected chi connectivity index (χ2v) is 7.51. The number of hydrogen-bond acceptors (Lipinski definition) is 5. The molecule has 1 aliphatic heterocycles. The van der Waals surface area contributed by atoms with Crippen molar-refractivity contribution in [2.75, 3.05) is 29.5 Å². The molecule has 2 heterocycles. The van der Waals surface area contributed by atoms with Gasteiger partial charge in [-0.05, 0) is 13.3 Å². The van der Waals surface area contributed by atoms with Crippen LogP contribution in [0, 0.1) is 6.92 Å². The van der Waals surface area contributed by atoms with E-state index in [2.05, 4.69) is 5.10 Å². The van der Waals surface area contributed by atoms with E-state index in [4.69, 9.17) is 18.0 Å². The van der Waals surface area contributed by atoms with Gasteiger partial charge in [0.2, 0.25) is 0 Å². The van der Waals surface area contributed by atoms with Crippen molar-refractivity contribution < 1.29 is 8.42 Å². The highest BCUT2D eigenvalue weighted by molar-refractivity contribution is 7.91. The highest BCUT2D eigenvalue weighted by Gasteiger charge is 2.25. The van der Waals surface area contributed by atoms with Gasteiger partial charge in [-0.15, -0.1) is 0 Å². The van der Waals surface area contributed by atoms with Crippen LogP contribution in [0.2, 0.25) is 0 Å². The summed E-state index contributed by atoms with van der Waals surface area (Å²) in [6.45, 7) is 2.98. The average Bonchev–Trinajstić information content (AvgIpc) is 2.47. The molecule has 0 unspecified atom stereocenters. The van der Waals surface area contributed by atoms with Gasteiger partial charge < -0.3 is 10.6 Å². The average molecular weight is 302 g/mol. The zero-order chi connectivity index (χ0) is 14.2. The van der Waals surface area contributed by atoms with E-state index in [1.807, 2.05) is 18.9 Å². The van der Waals surface area contributed by atoms with Crippen LogP contribution in [-0.2, 0) is 16.9 Å². The van der Waals surface area contributed by atoms with Gasteiger partial charge in [0.1, 0.15) is 10.8 Å². The number of thiocarbonyl (C=S) groups is 1. The number of nitrogens with two attached hydrogens (primary N) is 1. The first-order chi connectivity index (χ1) is 8.82. The molecule has 0 atom stereocenters. The molecule has 0 radical (unpaired) electrons. The molecule has 1 saturated heterocycles. The maximum atomic E-state index is 11.7. The Morgan fingerprint density at radius 1 is 1.37 bits per heavy atom. The van der Waals surface area contributed by atoms with Crippen LogP contribution in [0.5, 0.6) is 0 Å². The van der Waals surface area contributed by atoms with E-state index < -0.39 is 9.84 Å². The van der Waals surface area contributed by atoms with Gasteiger partial charge in [0.05, 0.1) is 22.8 Å². The standard InChI is InChI=1S/C11H18N4O2S2/c1-8-9(10(12)18)11(14(2)13-8)15-4-3-6-19(16,17)7-5-15/h3-7H2,1-2H3,(H2,12,18). The topological polar surface area (TPSA) is 81.2 Å². The van der Waals surface area contributed by atoms with Crippen molar-refractivity contribution in [1.29, 1.82) is 0 Å². The summed E-state index contributed by atoms with van der Waals surface area (Å²) in [5.41, 5.74) is 7.28. The lowest BCUT2D eigenvalue weighted by Crippen LogP contribution is -2.30. The smallest absolute Gasteiger partial charge is 0.152 e. The second kappa shape index (κ2) is 5.09. The summed E-state index contributed by atoms with van der Waals surface area (Å²) < 4.78 is 25.0. The fourth-order valence-corrected chi connectivity index (χ4v) is 3.96. The second-order valence-electron chi connectivity index (χ2n) is 4.76. The fraction of sp³-hybridized carbons (Fsp3) is 0.636. The Morgan fingerprint density at radius 3 is 2.68 bits per heavy atom. The van der Waals surface area contributed by atoms with Crippen molar-refractivity contribution in [3.05, 3.63) is 11.3 Å². The monoisotopic (exact) mass is 302 g/mol. The van der Waals surface area contributed by atoms with Gasteiger partial charge >= 0.3 is 0 Å². The van der Waals surface area contributed by atoms with Gasteiger partial charge in [-0.1, -0.05) is 12.2 Å². The SMILES string of the molecule is Cc1nn(C)c(N2CCCS(=O)(=O)CC2)c1C(N)=S. The quantitative estimate of drug-likeness (QED) is 0.774. The summed E-state index contributed by atoms with van der Waals surface area (Å²) in [5.74, 6) is 1.22. The number of anilines is 1. The minimum atomic E-state index is -2.93. The van der Waals surface area contributed by atoms with Crippen LogP contribution in [-0.4, -0.2) is 47.8 Å². The highest BCUT2D eigenvalue weighted by Crippen LogP contribution is 2.24. The molecule has 0 saturated carbocycles. The number of hydrogen-bond donors (Lipinski definition) is 1. The van der Waals surface area contributed by atoms with Gasteiger partial charge in [0.25, 0.3) is 0 Å². The Hall–Kier alpha value is -1.15. The van der Waals surface area contributed by atoms with Gasteiger partial charge in [-0.2, -0.15) is 5.10 Å². The molecule has 1 fully saturated rings. The molecule has 106 valence electrons. The zero-order valence-electron chi connectivity index (χ0n) is 11.1. The van der Waals surface area contributed by atoms with Crippen molar-refractivity contribution in [2.24, 2.45) is 12.8 Å². The predicted molar refractivity (Wildman–Crippen MR) is 79.3 cm³/mol. The van der Waals surface area contributed by atoms with Crippen molar-refractivity contribution in [3.63, 3.8) is 0 Å². The van der Waals surface area contributed by atoms with E-state index in [0.29, 0.717) is 24.5 Å². The molecule has 0 spiro atoms. The van der Waals surface area contributed by atoms with Gasteiger partial charge in [-0.25, -0.2) is 8.42 Å². The molecule has 2 N–H and O–H groups in total. The Balaban J connectivity index is 2.39. The first-order valence-corrected chi connectivity index (χ1v) is 8.33. The number of nitrogens with zero attached hydrogens (tertiary/aromatic N) is 3. The molecule has 19 heavy (non-hydrogen) atoms. The minimum absolute atomic E-state index is 0.161. The summed E-state index contributed by atoms with van der Waals surface area (Å²) in [4.78, 5) is 2.31. The van der Waals surface area contributed by atoms with Crippen LogP contribution in [0.15, 0.2) is 0 Å². The first-order valence-electron chi connectivity index (χ1n) is 6.10. The molecule has 6 nitrogen and oxygen atoms in total. The molecule has 0 amide bonds. The van der Waals surface area contributed by atoms with E-state index >= 15 is 0 Å². The first kappa shape index (κ1) is 14.3. The molecule has 8 heteroatoms. The van der Waals surface area contributed by atoms with Crippen molar-refractivity contribution in [3.8, 4) is 0 Å². The summed E-state index contributed by atoms with van der Waals surface area (Å²) in [6.07, 6.45) is 0.614. The molecule has 0 aromatic carbocycles. The van der Waals surface area contributed by atoms with Crippen LogP contribution in [0.4, 0.5) is 5.82 Å². The maximum Gasteiger partial charge on any atom is 0.152 e. The lowest BCUT2D eigenvalue weighted by molar-refractivity contribution is 0.597. The van der Waals surface area contributed by atoms with Crippen molar-refractivity contribution in [1.82, 2.24) is 9.78 Å². The maximum absolute atomic E-state index is 11.7. The molecule has 1 aromatic rings. The molecule has 0 bridgehead atoms. The molecule has 2 rings (SSSR count). The van der Waals surface area contributed by atoms with E-state index in [1.54, 1.807) is 4.68 Å². The number of rotatable bonds is 2. The normalized spacial score (nSPS) is 19.2. The van der Waals surface area contributed by atoms with E-state index in [0.717, 1.165) is 17.1 Å². The van der Waals surface area contributed by atoms with Crippen LogP contribution < -0.4 is 10.6 Å². The molecule has 1 aromatic heterocycles. The lowest BCUT2D eigenvalue weighted by atomic mass is 10.2.